The Morgan fingerprint density at radius 1 is 1.19 bits per heavy atom. The summed E-state index contributed by atoms with van der Waals surface area (Å²) in [6.45, 7) is 0. The van der Waals surface area contributed by atoms with Crippen LogP contribution in [0, 0.1) is 11.3 Å². The van der Waals surface area contributed by atoms with Crippen LogP contribution >= 0.6 is 0 Å². The molecule has 0 unspecified atom stereocenters. The van der Waals surface area contributed by atoms with Gasteiger partial charge in [-0.05, 0) is 24.3 Å². The number of sulfonamides is 1. The number of nitrogens with one attached hydrogen (secondary N) is 1. The van der Waals surface area contributed by atoms with Gasteiger partial charge in [-0.2, -0.15) is 5.26 Å². The van der Waals surface area contributed by atoms with Crippen LogP contribution in [-0.2, 0) is 10.0 Å². The molecule has 0 saturated carbocycles. The fourth-order valence-electron chi connectivity index (χ4n) is 1.98. The van der Waals surface area contributed by atoms with Crippen LogP contribution in [0.1, 0.15) is 5.56 Å². The Kier molecular flexibility index (Phi) is 3.08. The number of imidazole rings is 1. The maximum Gasteiger partial charge on any atom is 0.263 e. The molecule has 1 aromatic carbocycles. The van der Waals surface area contributed by atoms with Crippen LogP contribution in [0.2, 0.25) is 0 Å². The van der Waals surface area contributed by atoms with Crippen LogP contribution < -0.4 is 4.72 Å². The van der Waals surface area contributed by atoms with Crippen molar-refractivity contribution >= 4 is 21.4 Å². The zero-order valence-electron chi connectivity index (χ0n) is 10.8. The standard InChI is InChI=1S/C14H10N4O2S/c15-9-11-3-1-2-4-13(11)21(19,20)17-12-5-6-14-16-7-8-18(14)10-12/h1-8,10,17H. The maximum atomic E-state index is 12.4. The lowest BCUT2D eigenvalue weighted by Crippen LogP contribution is -2.14. The first-order valence-electron chi connectivity index (χ1n) is 6.05. The highest BCUT2D eigenvalue weighted by molar-refractivity contribution is 7.92. The van der Waals surface area contributed by atoms with E-state index in [1.54, 1.807) is 47.3 Å². The number of benzene rings is 1. The third-order valence-corrected chi connectivity index (χ3v) is 4.38. The number of nitriles is 1. The van der Waals surface area contributed by atoms with Gasteiger partial charge >= 0.3 is 0 Å². The summed E-state index contributed by atoms with van der Waals surface area (Å²) in [5.74, 6) is 0. The van der Waals surface area contributed by atoms with Gasteiger partial charge in [-0.1, -0.05) is 12.1 Å². The number of anilines is 1. The lowest BCUT2D eigenvalue weighted by molar-refractivity contribution is 0.601. The number of fused-ring (bicyclic) bond motifs is 1. The Hall–Kier alpha value is -2.85. The van der Waals surface area contributed by atoms with E-state index in [0.29, 0.717) is 5.69 Å². The van der Waals surface area contributed by atoms with Gasteiger partial charge in [0.05, 0.1) is 11.3 Å². The SMILES string of the molecule is N#Cc1ccccc1S(=O)(=O)Nc1ccc2nccn2c1. The molecule has 2 aromatic heterocycles. The van der Waals surface area contributed by atoms with Crippen molar-refractivity contribution in [2.75, 3.05) is 4.72 Å². The number of pyridine rings is 1. The van der Waals surface area contributed by atoms with E-state index >= 15 is 0 Å². The molecule has 21 heavy (non-hydrogen) atoms. The third-order valence-electron chi connectivity index (χ3n) is 2.94. The topological polar surface area (TPSA) is 87.3 Å². The molecular weight excluding hydrogens is 288 g/mol. The van der Waals surface area contributed by atoms with Crippen molar-refractivity contribution in [2.45, 2.75) is 4.90 Å². The van der Waals surface area contributed by atoms with E-state index < -0.39 is 10.0 Å². The zero-order valence-corrected chi connectivity index (χ0v) is 11.6. The first-order chi connectivity index (χ1) is 10.1. The molecule has 0 atom stereocenters. The molecule has 0 radical (unpaired) electrons. The Balaban J connectivity index is 2.01. The molecule has 104 valence electrons. The Bertz CT molecular complexity index is 954. The fraction of sp³-hybridized carbons (Fsp3) is 0. The zero-order chi connectivity index (χ0) is 14.9. The minimum Gasteiger partial charge on any atom is -0.305 e. The van der Waals surface area contributed by atoms with Gasteiger partial charge in [0.25, 0.3) is 10.0 Å². The van der Waals surface area contributed by atoms with Crippen molar-refractivity contribution in [3.8, 4) is 6.07 Å². The van der Waals surface area contributed by atoms with Gasteiger partial charge in [0.1, 0.15) is 16.6 Å². The normalized spacial score (nSPS) is 11.2. The second-order valence-electron chi connectivity index (χ2n) is 4.32. The molecule has 0 aliphatic rings. The van der Waals surface area contributed by atoms with E-state index in [2.05, 4.69) is 9.71 Å². The first-order valence-corrected chi connectivity index (χ1v) is 7.53. The molecule has 0 amide bonds. The Morgan fingerprint density at radius 2 is 2.00 bits per heavy atom. The second-order valence-corrected chi connectivity index (χ2v) is 5.97. The fourth-order valence-corrected chi connectivity index (χ4v) is 3.19. The van der Waals surface area contributed by atoms with Crippen LogP contribution in [-0.4, -0.2) is 17.8 Å². The van der Waals surface area contributed by atoms with E-state index in [0.717, 1.165) is 5.65 Å². The summed E-state index contributed by atoms with van der Waals surface area (Å²) in [5, 5.41) is 9.01. The number of hydrogen-bond acceptors (Lipinski definition) is 4. The average molecular weight is 298 g/mol. The molecule has 7 heteroatoms. The summed E-state index contributed by atoms with van der Waals surface area (Å²) in [7, 11) is -3.81. The Morgan fingerprint density at radius 3 is 2.81 bits per heavy atom. The highest BCUT2D eigenvalue weighted by Gasteiger charge is 2.18. The van der Waals surface area contributed by atoms with Gasteiger partial charge in [0.2, 0.25) is 0 Å². The van der Waals surface area contributed by atoms with Crippen molar-refractivity contribution in [3.63, 3.8) is 0 Å². The van der Waals surface area contributed by atoms with Gasteiger partial charge in [-0.25, -0.2) is 13.4 Å². The van der Waals surface area contributed by atoms with Crippen LogP contribution in [0.5, 0.6) is 0 Å². The van der Waals surface area contributed by atoms with Crippen molar-refractivity contribution in [3.05, 3.63) is 60.6 Å². The second kappa shape index (κ2) is 4.92. The van der Waals surface area contributed by atoms with Crippen LogP contribution in [0.3, 0.4) is 0 Å². The van der Waals surface area contributed by atoms with Gasteiger partial charge in [-0.15, -0.1) is 0 Å². The van der Waals surface area contributed by atoms with E-state index in [1.165, 1.54) is 12.1 Å². The largest absolute Gasteiger partial charge is 0.305 e. The van der Waals surface area contributed by atoms with E-state index in [1.807, 2.05) is 6.07 Å². The molecule has 0 spiro atoms. The minimum atomic E-state index is -3.81. The first kappa shape index (κ1) is 13.1. The Labute approximate surface area is 121 Å². The van der Waals surface area contributed by atoms with Gasteiger partial charge < -0.3 is 4.40 Å². The molecule has 0 bridgehead atoms. The lowest BCUT2D eigenvalue weighted by Gasteiger charge is -2.09. The van der Waals surface area contributed by atoms with Crippen LogP contribution in [0.15, 0.2) is 59.9 Å². The molecule has 0 saturated heterocycles. The number of nitrogens with zero attached hydrogens (tertiary/aromatic N) is 3. The predicted molar refractivity (Wildman–Crippen MR) is 77.2 cm³/mol. The molecule has 2 heterocycles. The summed E-state index contributed by atoms with van der Waals surface area (Å²) in [4.78, 5) is 4.04. The van der Waals surface area contributed by atoms with E-state index in [4.69, 9.17) is 5.26 Å². The number of aromatic nitrogens is 2. The van der Waals surface area contributed by atoms with Gasteiger partial charge in [0, 0.05) is 18.6 Å². The van der Waals surface area contributed by atoms with Crippen LogP contribution in [0.25, 0.3) is 5.65 Å². The van der Waals surface area contributed by atoms with Crippen molar-refractivity contribution in [1.82, 2.24) is 9.38 Å². The van der Waals surface area contributed by atoms with E-state index in [9.17, 15) is 8.42 Å². The average Bonchev–Trinajstić information content (AvgIpc) is 2.94. The summed E-state index contributed by atoms with van der Waals surface area (Å²) >= 11 is 0. The molecule has 1 N–H and O–H groups in total. The summed E-state index contributed by atoms with van der Waals surface area (Å²) in [5.41, 5.74) is 1.22. The minimum absolute atomic E-state index is 0.0433. The molecule has 0 aliphatic heterocycles. The van der Waals surface area contributed by atoms with Crippen molar-refractivity contribution in [1.29, 1.82) is 5.26 Å². The van der Waals surface area contributed by atoms with Crippen molar-refractivity contribution < 1.29 is 8.42 Å². The van der Waals surface area contributed by atoms with Crippen LogP contribution in [0.4, 0.5) is 5.69 Å². The van der Waals surface area contributed by atoms with Gasteiger partial charge in [-0.3, -0.25) is 4.72 Å². The van der Waals surface area contributed by atoms with Crippen molar-refractivity contribution in [2.24, 2.45) is 0 Å². The third kappa shape index (κ3) is 2.44. The molecule has 3 rings (SSSR count). The predicted octanol–water partition coefficient (Wildman–Crippen LogP) is 2.01. The number of hydrogen-bond donors (Lipinski definition) is 1. The highest BCUT2D eigenvalue weighted by Crippen LogP contribution is 2.19. The molecular formula is C14H10N4O2S. The highest BCUT2D eigenvalue weighted by atomic mass is 32.2. The summed E-state index contributed by atoms with van der Waals surface area (Å²) < 4.78 is 28.9. The quantitative estimate of drug-likeness (QED) is 0.801. The lowest BCUT2D eigenvalue weighted by atomic mass is 10.2. The smallest absolute Gasteiger partial charge is 0.263 e. The molecule has 3 aromatic rings. The summed E-state index contributed by atoms with van der Waals surface area (Å²) in [6, 6.07) is 11.3. The number of rotatable bonds is 3. The monoisotopic (exact) mass is 298 g/mol. The van der Waals surface area contributed by atoms with Gasteiger partial charge in [0.15, 0.2) is 0 Å². The molecule has 0 aliphatic carbocycles. The molecule has 6 nitrogen and oxygen atoms in total. The summed E-state index contributed by atoms with van der Waals surface area (Å²) in [6.07, 6.45) is 4.96. The molecule has 0 fully saturated rings. The maximum absolute atomic E-state index is 12.4. The van der Waals surface area contributed by atoms with E-state index in [-0.39, 0.29) is 10.5 Å².